The van der Waals surface area contributed by atoms with E-state index in [4.69, 9.17) is 0 Å². The summed E-state index contributed by atoms with van der Waals surface area (Å²) in [4.78, 5) is 23.3. The first kappa shape index (κ1) is 14.2. The van der Waals surface area contributed by atoms with Crippen LogP contribution in [0.5, 0.6) is 0 Å². The van der Waals surface area contributed by atoms with Crippen LogP contribution in [-0.4, -0.2) is 24.0 Å². The molecule has 1 unspecified atom stereocenters. The number of carbonyl (C=O) groups is 2. The predicted molar refractivity (Wildman–Crippen MR) is 74.7 cm³/mol. The van der Waals surface area contributed by atoms with E-state index in [1.807, 2.05) is 32.9 Å². The lowest BCUT2D eigenvalue weighted by molar-refractivity contribution is 0.0985. The molecule has 2 rings (SSSR count). The van der Waals surface area contributed by atoms with Gasteiger partial charge in [-0.25, -0.2) is 4.79 Å². The van der Waals surface area contributed by atoms with Crippen molar-refractivity contribution < 1.29 is 9.59 Å². The van der Waals surface area contributed by atoms with Gasteiger partial charge in [-0.15, -0.1) is 5.11 Å². The van der Waals surface area contributed by atoms with Crippen molar-refractivity contribution in [2.24, 2.45) is 10.2 Å². The van der Waals surface area contributed by atoms with E-state index in [1.54, 1.807) is 12.1 Å². The molecule has 1 heterocycles. The van der Waals surface area contributed by atoms with Crippen molar-refractivity contribution >= 4 is 11.9 Å². The molecule has 0 radical (unpaired) electrons. The molecule has 2 N–H and O–H groups in total. The Morgan fingerprint density at radius 2 is 2.00 bits per heavy atom. The van der Waals surface area contributed by atoms with E-state index in [-0.39, 0.29) is 23.5 Å². The maximum atomic E-state index is 11.7. The lowest BCUT2D eigenvalue weighted by atomic mass is 9.99. The molecule has 20 heavy (non-hydrogen) atoms. The molecule has 1 aliphatic heterocycles. The van der Waals surface area contributed by atoms with Gasteiger partial charge in [0.25, 0.3) is 5.91 Å². The molecule has 0 fully saturated rings. The van der Waals surface area contributed by atoms with E-state index in [1.165, 1.54) is 0 Å². The van der Waals surface area contributed by atoms with Crippen molar-refractivity contribution in [2.45, 2.75) is 32.4 Å². The van der Waals surface area contributed by atoms with Crippen LogP contribution in [0.15, 0.2) is 34.5 Å². The number of hydrogen-bond donors (Lipinski definition) is 2. The largest absolute Gasteiger partial charge is 0.336 e. The van der Waals surface area contributed by atoms with Crippen molar-refractivity contribution in [1.29, 1.82) is 0 Å². The third-order valence-corrected chi connectivity index (χ3v) is 2.78. The van der Waals surface area contributed by atoms with Crippen LogP contribution in [0.25, 0.3) is 0 Å². The van der Waals surface area contributed by atoms with Crippen molar-refractivity contribution in [3.05, 3.63) is 35.4 Å². The Labute approximate surface area is 117 Å². The Balaban J connectivity index is 2.03. The number of azo groups is 1. The van der Waals surface area contributed by atoms with Gasteiger partial charge in [0, 0.05) is 17.6 Å². The predicted octanol–water partition coefficient (Wildman–Crippen LogP) is 2.43. The van der Waals surface area contributed by atoms with Gasteiger partial charge in [-0.2, -0.15) is 5.11 Å². The van der Waals surface area contributed by atoms with Crippen molar-refractivity contribution in [2.75, 3.05) is 6.54 Å². The summed E-state index contributed by atoms with van der Waals surface area (Å²) in [7, 11) is 0. The molecule has 1 atom stereocenters. The minimum Gasteiger partial charge on any atom is -0.336 e. The van der Waals surface area contributed by atoms with Crippen molar-refractivity contribution in [3.63, 3.8) is 0 Å². The number of urea groups is 1. The van der Waals surface area contributed by atoms with Gasteiger partial charge < -0.3 is 10.6 Å². The number of carbonyl (C=O) groups excluding carboxylic acids is 2. The van der Waals surface area contributed by atoms with Crippen LogP contribution in [0.2, 0.25) is 0 Å². The van der Waals surface area contributed by atoms with Crippen LogP contribution >= 0.6 is 0 Å². The molecular weight excluding hydrogens is 256 g/mol. The minimum atomic E-state index is -0.337. The molecule has 0 saturated carbocycles. The second-order valence-corrected chi connectivity index (χ2v) is 5.71. The average Bonchev–Trinajstić information content (AvgIpc) is 2.36. The fraction of sp³-hybridized carbons (Fsp3) is 0.429. The highest BCUT2D eigenvalue weighted by Gasteiger charge is 2.24. The summed E-state index contributed by atoms with van der Waals surface area (Å²) in [5.41, 5.74) is 1.04. The summed E-state index contributed by atoms with van der Waals surface area (Å²) in [6.07, 6.45) is 0. The summed E-state index contributed by atoms with van der Waals surface area (Å²) >= 11 is 0. The van der Waals surface area contributed by atoms with Crippen LogP contribution in [0.1, 0.15) is 42.7 Å². The highest BCUT2D eigenvalue weighted by atomic mass is 16.2. The van der Waals surface area contributed by atoms with Gasteiger partial charge in [-0.1, -0.05) is 18.2 Å². The van der Waals surface area contributed by atoms with Crippen LogP contribution in [-0.2, 0) is 0 Å². The van der Waals surface area contributed by atoms with Crippen LogP contribution < -0.4 is 10.6 Å². The molecular formula is C14H18N4O2. The first-order valence-electron chi connectivity index (χ1n) is 6.47. The van der Waals surface area contributed by atoms with Crippen molar-refractivity contribution in [1.82, 2.24) is 10.6 Å². The highest BCUT2D eigenvalue weighted by molar-refractivity contribution is 5.97. The molecule has 0 spiro atoms. The first-order chi connectivity index (χ1) is 9.37. The number of benzene rings is 1. The summed E-state index contributed by atoms with van der Waals surface area (Å²) in [6.45, 7) is 6.01. The smallest absolute Gasteiger partial charge is 0.315 e. The Morgan fingerprint density at radius 1 is 1.30 bits per heavy atom. The van der Waals surface area contributed by atoms with Crippen LogP contribution in [0, 0.1) is 0 Å². The summed E-state index contributed by atoms with van der Waals surface area (Å²) in [6, 6.07) is 6.60. The Kier molecular flexibility index (Phi) is 3.83. The monoisotopic (exact) mass is 274 g/mol. The molecule has 1 aromatic rings. The topological polar surface area (TPSA) is 82.9 Å². The third-order valence-electron chi connectivity index (χ3n) is 2.78. The lowest BCUT2D eigenvalue weighted by Gasteiger charge is -2.22. The number of rotatable bonds is 2. The van der Waals surface area contributed by atoms with E-state index in [0.717, 1.165) is 5.56 Å². The maximum Gasteiger partial charge on any atom is 0.315 e. The van der Waals surface area contributed by atoms with Gasteiger partial charge in [-0.05, 0) is 32.4 Å². The fourth-order valence-electron chi connectivity index (χ4n) is 1.95. The SMILES string of the molecule is CC(C)(C)NC(=O)NCC1N=NC(=O)c2ccccc21. The van der Waals surface area contributed by atoms with E-state index >= 15 is 0 Å². The highest BCUT2D eigenvalue weighted by Crippen LogP contribution is 2.26. The molecule has 1 aliphatic rings. The molecule has 0 saturated heterocycles. The summed E-state index contributed by atoms with van der Waals surface area (Å²) in [5, 5.41) is 13.1. The van der Waals surface area contributed by atoms with E-state index in [0.29, 0.717) is 12.1 Å². The Morgan fingerprint density at radius 3 is 2.70 bits per heavy atom. The number of nitrogens with one attached hydrogen (secondary N) is 2. The summed E-state index contributed by atoms with van der Waals surface area (Å²) < 4.78 is 0. The Bertz CT molecular complexity index is 561. The second kappa shape index (κ2) is 5.40. The quantitative estimate of drug-likeness (QED) is 0.868. The molecule has 0 aliphatic carbocycles. The van der Waals surface area contributed by atoms with Crippen LogP contribution in [0.3, 0.4) is 0 Å². The normalized spacial score (nSPS) is 17.6. The molecule has 106 valence electrons. The molecule has 3 amide bonds. The standard InChI is InChI=1S/C14H18N4O2/c1-14(2,3)16-13(20)15-8-11-9-6-4-5-7-10(9)12(19)18-17-11/h4-7,11H,8H2,1-3H3,(H2,15,16,20). The Hall–Kier alpha value is -2.24. The third kappa shape index (κ3) is 3.40. The van der Waals surface area contributed by atoms with E-state index < -0.39 is 0 Å². The number of nitrogens with zero attached hydrogens (tertiary/aromatic N) is 2. The van der Waals surface area contributed by atoms with E-state index in [2.05, 4.69) is 20.9 Å². The molecule has 1 aromatic carbocycles. The van der Waals surface area contributed by atoms with E-state index in [9.17, 15) is 9.59 Å². The molecule has 0 bridgehead atoms. The zero-order chi connectivity index (χ0) is 14.8. The number of amides is 3. The fourth-order valence-corrected chi connectivity index (χ4v) is 1.95. The molecule has 0 aromatic heterocycles. The maximum absolute atomic E-state index is 11.7. The van der Waals surface area contributed by atoms with Gasteiger partial charge in [0.1, 0.15) is 6.04 Å². The first-order valence-corrected chi connectivity index (χ1v) is 6.47. The lowest BCUT2D eigenvalue weighted by Crippen LogP contribution is -2.47. The van der Waals surface area contributed by atoms with Gasteiger partial charge >= 0.3 is 6.03 Å². The number of hydrogen-bond acceptors (Lipinski definition) is 3. The van der Waals surface area contributed by atoms with Crippen molar-refractivity contribution in [3.8, 4) is 0 Å². The van der Waals surface area contributed by atoms with Gasteiger partial charge in [0.2, 0.25) is 0 Å². The zero-order valence-electron chi connectivity index (χ0n) is 11.8. The van der Waals surface area contributed by atoms with Gasteiger partial charge in [0.05, 0.1) is 0 Å². The average molecular weight is 274 g/mol. The van der Waals surface area contributed by atoms with Gasteiger partial charge in [0.15, 0.2) is 0 Å². The second-order valence-electron chi connectivity index (χ2n) is 5.71. The number of fused-ring (bicyclic) bond motifs is 1. The molecule has 6 heteroatoms. The minimum absolute atomic E-state index is 0.262. The van der Waals surface area contributed by atoms with Gasteiger partial charge in [-0.3, -0.25) is 4.79 Å². The molecule has 6 nitrogen and oxygen atoms in total. The summed E-state index contributed by atoms with van der Waals surface area (Å²) in [5.74, 6) is -0.337. The van der Waals surface area contributed by atoms with Crippen LogP contribution in [0.4, 0.5) is 4.79 Å². The zero-order valence-corrected chi connectivity index (χ0v) is 11.8.